The molecule has 0 aliphatic heterocycles. The van der Waals surface area contributed by atoms with E-state index in [2.05, 4.69) is 10.4 Å². The summed E-state index contributed by atoms with van der Waals surface area (Å²) in [5.74, 6) is -2.22. The van der Waals surface area contributed by atoms with E-state index < -0.39 is 24.0 Å². The van der Waals surface area contributed by atoms with E-state index in [1.54, 1.807) is 43.3 Å². The molecule has 2 amide bonds. The number of hydrogen-bond acceptors (Lipinski definition) is 5. The smallest absolute Gasteiger partial charge is 0.357 e. The Labute approximate surface area is 188 Å². The molecule has 0 aliphatic rings. The molecule has 0 saturated heterocycles. The van der Waals surface area contributed by atoms with Crippen LogP contribution in [0.3, 0.4) is 0 Å². The Balaban J connectivity index is 1.72. The van der Waals surface area contributed by atoms with Crippen molar-refractivity contribution in [2.24, 2.45) is 0 Å². The third kappa shape index (κ3) is 5.30. The maximum atomic E-state index is 12.7. The van der Waals surface area contributed by atoms with Crippen LogP contribution in [0.25, 0.3) is 10.8 Å². The summed E-state index contributed by atoms with van der Waals surface area (Å²) in [6.45, 7) is 1.50. The first kappa shape index (κ1) is 23.0. The van der Waals surface area contributed by atoms with Gasteiger partial charge in [0.05, 0.1) is 11.9 Å². The lowest BCUT2D eigenvalue weighted by molar-refractivity contribution is -0.136. The standard InChI is InChI=1S/C22H21ClN4O5/c1-2-26(12-18(28)24-11-14-7-9-15(23)10-8-14)19(29)13-27-21(30)17-6-4-3-5-16(17)20(25-27)22(31)32/h3-10H,2,11-13H2,1H3,(H,24,28)(H,31,32). The van der Waals surface area contributed by atoms with Crippen LogP contribution in [0.4, 0.5) is 0 Å². The summed E-state index contributed by atoms with van der Waals surface area (Å²) in [6.07, 6.45) is 0. The Morgan fingerprint density at radius 3 is 2.38 bits per heavy atom. The minimum absolute atomic E-state index is 0.149. The zero-order chi connectivity index (χ0) is 23.3. The number of nitrogens with one attached hydrogen (secondary N) is 1. The van der Waals surface area contributed by atoms with E-state index in [0.29, 0.717) is 5.02 Å². The van der Waals surface area contributed by atoms with Crippen LogP contribution in [-0.4, -0.2) is 50.7 Å². The van der Waals surface area contributed by atoms with Crippen molar-refractivity contribution in [3.63, 3.8) is 0 Å². The number of aromatic nitrogens is 2. The van der Waals surface area contributed by atoms with Crippen molar-refractivity contribution in [1.29, 1.82) is 0 Å². The summed E-state index contributed by atoms with van der Waals surface area (Å²) < 4.78 is 0.822. The summed E-state index contributed by atoms with van der Waals surface area (Å²) in [5, 5.41) is 17.0. The number of carbonyl (C=O) groups is 3. The van der Waals surface area contributed by atoms with Gasteiger partial charge in [-0.1, -0.05) is 41.9 Å². The Hall–Kier alpha value is -3.72. The molecule has 0 saturated carbocycles. The SMILES string of the molecule is CCN(CC(=O)NCc1ccc(Cl)cc1)C(=O)Cn1nc(C(=O)O)c2ccccc2c1=O. The fraction of sp³-hybridized carbons (Fsp3) is 0.227. The second-order valence-electron chi connectivity index (χ2n) is 6.97. The lowest BCUT2D eigenvalue weighted by Gasteiger charge is -2.21. The lowest BCUT2D eigenvalue weighted by atomic mass is 10.1. The highest BCUT2D eigenvalue weighted by atomic mass is 35.5. The molecule has 2 aromatic carbocycles. The molecular formula is C22H21ClN4O5. The predicted molar refractivity (Wildman–Crippen MR) is 119 cm³/mol. The summed E-state index contributed by atoms with van der Waals surface area (Å²) in [5.41, 5.74) is -0.0517. The molecule has 1 heterocycles. The Morgan fingerprint density at radius 2 is 1.75 bits per heavy atom. The second-order valence-corrected chi connectivity index (χ2v) is 7.41. The summed E-state index contributed by atoms with van der Waals surface area (Å²) >= 11 is 5.84. The minimum atomic E-state index is -1.31. The van der Waals surface area contributed by atoms with Crippen molar-refractivity contribution in [1.82, 2.24) is 20.0 Å². The van der Waals surface area contributed by atoms with Crippen molar-refractivity contribution in [2.75, 3.05) is 13.1 Å². The van der Waals surface area contributed by atoms with E-state index in [4.69, 9.17) is 11.6 Å². The van der Waals surface area contributed by atoms with E-state index in [1.807, 2.05) is 0 Å². The van der Waals surface area contributed by atoms with Crippen LogP contribution >= 0.6 is 11.6 Å². The number of benzene rings is 2. The molecule has 3 rings (SSSR count). The van der Waals surface area contributed by atoms with E-state index in [9.17, 15) is 24.3 Å². The van der Waals surface area contributed by atoms with E-state index in [1.165, 1.54) is 17.0 Å². The summed E-state index contributed by atoms with van der Waals surface area (Å²) in [7, 11) is 0. The fourth-order valence-electron chi connectivity index (χ4n) is 3.14. The van der Waals surface area contributed by atoms with Gasteiger partial charge in [-0.25, -0.2) is 9.48 Å². The third-order valence-electron chi connectivity index (χ3n) is 4.83. The Bertz CT molecular complexity index is 1220. The number of rotatable bonds is 8. The summed E-state index contributed by atoms with van der Waals surface area (Å²) in [6, 6.07) is 13.2. The molecule has 1 aromatic heterocycles. The topological polar surface area (TPSA) is 122 Å². The molecule has 166 valence electrons. The highest BCUT2D eigenvalue weighted by Crippen LogP contribution is 2.13. The molecule has 0 unspecified atom stereocenters. The molecule has 0 fully saturated rings. The first-order chi connectivity index (χ1) is 15.3. The molecule has 0 bridgehead atoms. The molecule has 10 heteroatoms. The normalized spacial score (nSPS) is 10.7. The van der Waals surface area contributed by atoms with Gasteiger partial charge in [-0.3, -0.25) is 14.4 Å². The van der Waals surface area contributed by atoms with Crippen LogP contribution in [0.1, 0.15) is 23.0 Å². The number of likely N-dealkylation sites (N-methyl/N-ethyl adjacent to an activating group) is 1. The Morgan fingerprint density at radius 1 is 1.09 bits per heavy atom. The van der Waals surface area contributed by atoms with Gasteiger partial charge in [0.25, 0.3) is 5.56 Å². The molecule has 0 aliphatic carbocycles. The van der Waals surface area contributed by atoms with Crippen LogP contribution in [0.5, 0.6) is 0 Å². The van der Waals surface area contributed by atoms with Gasteiger partial charge >= 0.3 is 5.97 Å². The first-order valence-corrected chi connectivity index (χ1v) is 10.2. The first-order valence-electron chi connectivity index (χ1n) is 9.82. The molecule has 0 spiro atoms. The van der Waals surface area contributed by atoms with E-state index >= 15 is 0 Å². The van der Waals surface area contributed by atoms with Crippen molar-refractivity contribution >= 4 is 40.2 Å². The molecule has 3 aromatic rings. The monoisotopic (exact) mass is 456 g/mol. The van der Waals surface area contributed by atoms with Crippen LogP contribution in [0.2, 0.25) is 5.02 Å². The quantitative estimate of drug-likeness (QED) is 0.534. The summed E-state index contributed by atoms with van der Waals surface area (Å²) in [4.78, 5) is 50.6. The molecule has 0 radical (unpaired) electrons. The van der Waals surface area contributed by atoms with Gasteiger partial charge in [-0.05, 0) is 30.7 Å². The maximum Gasteiger partial charge on any atom is 0.357 e. The third-order valence-corrected chi connectivity index (χ3v) is 5.08. The molecule has 0 atom stereocenters. The number of nitrogens with zero attached hydrogens (tertiary/aromatic N) is 3. The predicted octanol–water partition coefficient (Wildman–Crippen LogP) is 1.91. The average molecular weight is 457 g/mol. The highest BCUT2D eigenvalue weighted by molar-refractivity contribution is 6.30. The van der Waals surface area contributed by atoms with E-state index in [-0.39, 0.29) is 42.0 Å². The molecule has 9 nitrogen and oxygen atoms in total. The number of halogens is 1. The number of carboxylic acid groups (broad SMARTS) is 1. The van der Waals surface area contributed by atoms with Gasteiger partial charge in [-0.2, -0.15) is 5.10 Å². The molecule has 2 N–H and O–H groups in total. The van der Waals surface area contributed by atoms with E-state index in [0.717, 1.165) is 10.2 Å². The van der Waals surface area contributed by atoms with Crippen LogP contribution in [-0.2, 0) is 22.7 Å². The second kappa shape index (κ2) is 10.1. The lowest BCUT2D eigenvalue weighted by Crippen LogP contribution is -2.43. The number of hydrogen-bond donors (Lipinski definition) is 2. The van der Waals surface area contributed by atoms with Crippen LogP contribution < -0.4 is 10.9 Å². The zero-order valence-corrected chi connectivity index (χ0v) is 18.0. The average Bonchev–Trinajstić information content (AvgIpc) is 2.78. The van der Waals surface area contributed by atoms with Crippen molar-refractivity contribution in [3.05, 3.63) is 75.2 Å². The van der Waals surface area contributed by atoms with Gasteiger partial charge in [0.2, 0.25) is 11.8 Å². The van der Waals surface area contributed by atoms with Crippen molar-refractivity contribution in [3.8, 4) is 0 Å². The number of amides is 2. The zero-order valence-electron chi connectivity index (χ0n) is 17.2. The molecular weight excluding hydrogens is 436 g/mol. The van der Waals surface area contributed by atoms with Gasteiger partial charge in [0.1, 0.15) is 6.54 Å². The molecule has 32 heavy (non-hydrogen) atoms. The van der Waals surface area contributed by atoms with Crippen LogP contribution in [0, 0.1) is 0 Å². The van der Waals surface area contributed by atoms with Crippen molar-refractivity contribution < 1.29 is 19.5 Å². The largest absolute Gasteiger partial charge is 0.476 e. The van der Waals surface area contributed by atoms with Gasteiger partial charge in [0, 0.05) is 23.5 Å². The fourth-order valence-corrected chi connectivity index (χ4v) is 3.26. The van der Waals surface area contributed by atoms with Gasteiger partial charge in [-0.15, -0.1) is 0 Å². The van der Waals surface area contributed by atoms with Gasteiger partial charge in [0.15, 0.2) is 5.69 Å². The maximum absolute atomic E-state index is 12.7. The number of fused-ring (bicyclic) bond motifs is 1. The van der Waals surface area contributed by atoms with Crippen LogP contribution in [0.15, 0.2) is 53.3 Å². The Kier molecular flexibility index (Phi) is 7.21. The number of carboxylic acids is 1. The minimum Gasteiger partial charge on any atom is -0.476 e. The van der Waals surface area contributed by atoms with Gasteiger partial charge < -0.3 is 15.3 Å². The highest BCUT2D eigenvalue weighted by Gasteiger charge is 2.20. The number of carbonyl (C=O) groups excluding carboxylic acids is 2. The van der Waals surface area contributed by atoms with Crippen molar-refractivity contribution in [2.45, 2.75) is 20.0 Å². The number of aromatic carboxylic acids is 1.